The van der Waals surface area contributed by atoms with Crippen LogP contribution in [0.2, 0.25) is 0 Å². The number of benzene rings is 1. The van der Waals surface area contributed by atoms with Gasteiger partial charge in [0.1, 0.15) is 12.4 Å². The molecule has 1 unspecified atom stereocenters. The highest BCUT2D eigenvalue weighted by Gasteiger charge is 2.05. The molecular weight excluding hydrogens is 324 g/mol. The van der Waals surface area contributed by atoms with Crippen molar-refractivity contribution in [3.05, 3.63) is 28.2 Å². The monoisotopic (exact) mass is 336 g/mol. The van der Waals surface area contributed by atoms with Crippen molar-refractivity contribution in [3.8, 4) is 5.75 Å². The average Bonchev–Trinajstić information content (AvgIpc) is 2.26. The number of rotatable bonds is 5. The van der Waals surface area contributed by atoms with Gasteiger partial charge in [-0.15, -0.1) is 0 Å². The van der Waals surface area contributed by atoms with Gasteiger partial charge in [0.15, 0.2) is 0 Å². The van der Waals surface area contributed by atoms with E-state index >= 15 is 0 Å². The number of alkyl halides is 1. The first-order chi connectivity index (χ1) is 7.17. The third-order valence-corrected chi connectivity index (χ3v) is 3.14. The Morgan fingerprint density at radius 1 is 1.40 bits per heavy atom. The molecule has 0 radical (unpaired) electrons. The Labute approximate surface area is 107 Å². The van der Waals surface area contributed by atoms with Gasteiger partial charge in [-0.2, -0.15) is 0 Å². The lowest BCUT2D eigenvalue weighted by Crippen LogP contribution is -2.16. The molecule has 0 saturated heterocycles. The molecule has 0 N–H and O–H groups in total. The molecule has 4 heteroatoms. The third-order valence-electron chi connectivity index (χ3n) is 2.04. The van der Waals surface area contributed by atoms with E-state index in [-0.39, 0.29) is 6.10 Å². The number of methoxy groups -OCH3 is 1. The molecule has 1 rings (SSSR count). The number of halogens is 2. The van der Waals surface area contributed by atoms with Crippen LogP contribution in [-0.2, 0) is 10.1 Å². The van der Waals surface area contributed by atoms with E-state index in [4.69, 9.17) is 9.47 Å². The molecule has 0 aromatic heterocycles. The summed E-state index contributed by atoms with van der Waals surface area (Å²) in [5.74, 6) is 0.902. The van der Waals surface area contributed by atoms with Crippen LogP contribution >= 0.6 is 31.9 Å². The SMILES string of the molecule is COC(C)COc1ccc(Br)cc1CBr. The molecule has 0 fully saturated rings. The average molecular weight is 338 g/mol. The first kappa shape index (κ1) is 13.0. The molecule has 1 aromatic rings. The van der Waals surface area contributed by atoms with Crippen molar-refractivity contribution in [1.29, 1.82) is 0 Å². The van der Waals surface area contributed by atoms with E-state index < -0.39 is 0 Å². The fraction of sp³-hybridized carbons (Fsp3) is 0.455. The first-order valence-electron chi connectivity index (χ1n) is 4.67. The Hall–Kier alpha value is -0.0600. The van der Waals surface area contributed by atoms with E-state index in [0.717, 1.165) is 21.1 Å². The van der Waals surface area contributed by atoms with Crippen molar-refractivity contribution in [1.82, 2.24) is 0 Å². The quantitative estimate of drug-likeness (QED) is 0.762. The standard InChI is InChI=1S/C11H14Br2O2/c1-8(14-2)7-15-11-4-3-10(13)5-9(11)6-12/h3-5,8H,6-7H2,1-2H3. The van der Waals surface area contributed by atoms with Gasteiger partial charge in [-0.3, -0.25) is 0 Å². The second-order valence-electron chi connectivity index (χ2n) is 3.24. The van der Waals surface area contributed by atoms with Crippen LogP contribution in [0.1, 0.15) is 12.5 Å². The maximum absolute atomic E-state index is 5.66. The van der Waals surface area contributed by atoms with Gasteiger partial charge in [0.25, 0.3) is 0 Å². The molecule has 0 heterocycles. The fourth-order valence-corrected chi connectivity index (χ4v) is 1.92. The van der Waals surface area contributed by atoms with Crippen molar-refractivity contribution >= 4 is 31.9 Å². The van der Waals surface area contributed by atoms with Gasteiger partial charge in [-0.05, 0) is 25.1 Å². The summed E-state index contributed by atoms with van der Waals surface area (Å²) in [6.45, 7) is 2.55. The van der Waals surface area contributed by atoms with Gasteiger partial charge in [-0.25, -0.2) is 0 Å². The molecular formula is C11H14Br2O2. The lowest BCUT2D eigenvalue weighted by atomic mass is 10.2. The zero-order valence-electron chi connectivity index (χ0n) is 8.80. The number of ether oxygens (including phenoxy) is 2. The molecule has 0 amide bonds. The smallest absolute Gasteiger partial charge is 0.123 e. The van der Waals surface area contributed by atoms with Gasteiger partial charge in [0.2, 0.25) is 0 Å². The van der Waals surface area contributed by atoms with E-state index in [1.807, 2.05) is 25.1 Å². The van der Waals surface area contributed by atoms with Crippen LogP contribution in [0.25, 0.3) is 0 Å². The Morgan fingerprint density at radius 3 is 2.73 bits per heavy atom. The van der Waals surface area contributed by atoms with Crippen LogP contribution in [0.4, 0.5) is 0 Å². The van der Waals surface area contributed by atoms with Gasteiger partial charge >= 0.3 is 0 Å². The van der Waals surface area contributed by atoms with Crippen LogP contribution < -0.4 is 4.74 Å². The molecule has 1 aromatic carbocycles. The lowest BCUT2D eigenvalue weighted by Gasteiger charge is -2.13. The van der Waals surface area contributed by atoms with Crippen molar-refractivity contribution in [2.75, 3.05) is 13.7 Å². The van der Waals surface area contributed by atoms with Gasteiger partial charge < -0.3 is 9.47 Å². The maximum atomic E-state index is 5.66. The number of hydrogen-bond donors (Lipinski definition) is 0. The Balaban J connectivity index is 2.67. The van der Waals surface area contributed by atoms with Crippen LogP contribution in [0, 0.1) is 0 Å². The van der Waals surface area contributed by atoms with Gasteiger partial charge in [-0.1, -0.05) is 31.9 Å². The Kier molecular flexibility index (Phi) is 5.64. The van der Waals surface area contributed by atoms with E-state index in [1.165, 1.54) is 0 Å². The summed E-state index contributed by atoms with van der Waals surface area (Å²) >= 11 is 6.86. The predicted octanol–water partition coefficient (Wildman–Crippen LogP) is 3.76. The van der Waals surface area contributed by atoms with E-state index in [1.54, 1.807) is 7.11 Å². The van der Waals surface area contributed by atoms with Crippen LogP contribution in [0.3, 0.4) is 0 Å². The van der Waals surface area contributed by atoms with Crippen molar-refractivity contribution in [2.45, 2.75) is 18.4 Å². The molecule has 0 saturated carbocycles. The largest absolute Gasteiger partial charge is 0.491 e. The third kappa shape index (κ3) is 4.13. The highest BCUT2D eigenvalue weighted by molar-refractivity contribution is 9.10. The summed E-state index contributed by atoms with van der Waals surface area (Å²) in [6, 6.07) is 5.98. The van der Waals surface area contributed by atoms with Gasteiger partial charge in [0.05, 0.1) is 6.10 Å². The van der Waals surface area contributed by atoms with Crippen LogP contribution in [0.5, 0.6) is 5.75 Å². The van der Waals surface area contributed by atoms with Crippen LogP contribution in [0.15, 0.2) is 22.7 Å². The predicted molar refractivity (Wildman–Crippen MR) is 68.7 cm³/mol. The minimum absolute atomic E-state index is 0.108. The summed E-state index contributed by atoms with van der Waals surface area (Å²) in [4.78, 5) is 0. The summed E-state index contributed by atoms with van der Waals surface area (Å²) in [5, 5.41) is 0.781. The topological polar surface area (TPSA) is 18.5 Å². The fourth-order valence-electron chi connectivity index (χ4n) is 1.07. The van der Waals surface area contributed by atoms with E-state index in [0.29, 0.717) is 6.61 Å². The molecule has 84 valence electrons. The molecule has 0 aliphatic heterocycles. The highest BCUT2D eigenvalue weighted by atomic mass is 79.9. The Morgan fingerprint density at radius 2 is 2.13 bits per heavy atom. The van der Waals surface area contributed by atoms with Crippen molar-refractivity contribution < 1.29 is 9.47 Å². The highest BCUT2D eigenvalue weighted by Crippen LogP contribution is 2.25. The minimum Gasteiger partial charge on any atom is -0.491 e. The van der Waals surface area contributed by atoms with Crippen LogP contribution in [-0.4, -0.2) is 19.8 Å². The first-order valence-corrected chi connectivity index (χ1v) is 6.58. The molecule has 1 atom stereocenters. The number of hydrogen-bond acceptors (Lipinski definition) is 2. The Bertz CT molecular complexity index is 315. The van der Waals surface area contributed by atoms with Gasteiger partial charge in [0, 0.05) is 22.5 Å². The summed E-state index contributed by atoms with van der Waals surface area (Å²) < 4.78 is 11.8. The minimum atomic E-state index is 0.108. The van der Waals surface area contributed by atoms with E-state index in [2.05, 4.69) is 31.9 Å². The summed E-state index contributed by atoms with van der Waals surface area (Å²) in [6.07, 6.45) is 0.108. The molecule has 0 bridgehead atoms. The summed E-state index contributed by atoms with van der Waals surface area (Å²) in [5.41, 5.74) is 1.13. The lowest BCUT2D eigenvalue weighted by molar-refractivity contribution is 0.0714. The van der Waals surface area contributed by atoms with E-state index in [9.17, 15) is 0 Å². The second kappa shape index (κ2) is 6.51. The van der Waals surface area contributed by atoms with Crippen molar-refractivity contribution in [2.24, 2.45) is 0 Å². The van der Waals surface area contributed by atoms with Crippen molar-refractivity contribution in [3.63, 3.8) is 0 Å². The second-order valence-corrected chi connectivity index (χ2v) is 4.72. The molecule has 2 nitrogen and oxygen atoms in total. The maximum Gasteiger partial charge on any atom is 0.123 e. The zero-order chi connectivity index (χ0) is 11.3. The molecule has 0 aliphatic rings. The molecule has 0 aliphatic carbocycles. The normalized spacial score (nSPS) is 12.5. The molecule has 0 spiro atoms. The molecule has 15 heavy (non-hydrogen) atoms. The summed E-state index contributed by atoms with van der Waals surface area (Å²) in [7, 11) is 1.68. The zero-order valence-corrected chi connectivity index (χ0v) is 12.0.